The summed E-state index contributed by atoms with van der Waals surface area (Å²) in [4.78, 5) is 0. The maximum absolute atomic E-state index is 8.97. The van der Waals surface area contributed by atoms with E-state index in [0.29, 0.717) is 0 Å². The summed E-state index contributed by atoms with van der Waals surface area (Å²) in [5, 5.41) is 12.4. The Bertz CT molecular complexity index is 307. The smallest absolute Gasteiger partial charge is 0.0453 e. The monoisotopic (exact) mass is 207 g/mol. The Labute approximate surface area is 92.3 Å². The van der Waals surface area contributed by atoms with E-state index in [1.807, 2.05) is 6.07 Å². The SMILES string of the molecule is CCc1ccccc1NC(C)(C)CCO. The van der Waals surface area contributed by atoms with E-state index in [1.165, 1.54) is 11.3 Å². The highest BCUT2D eigenvalue weighted by atomic mass is 16.3. The van der Waals surface area contributed by atoms with Gasteiger partial charge in [0.2, 0.25) is 0 Å². The van der Waals surface area contributed by atoms with Crippen molar-refractivity contribution in [1.82, 2.24) is 0 Å². The molecule has 0 unspecified atom stereocenters. The lowest BCUT2D eigenvalue weighted by Crippen LogP contribution is -2.32. The molecule has 0 radical (unpaired) electrons. The molecule has 0 aromatic heterocycles. The van der Waals surface area contributed by atoms with E-state index in [-0.39, 0.29) is 12.1 Å². The summed E-state index contributed by atoms with van der Waals surface area (Å²) in [6.07, 6.45) is 1.78. The molecular weight excluding hydrogens is 186 g/mol. The molecular formula is C13H21NO. The lowest BCUT2D eigenvalue weighted by atomic mass is 9.99. The Morgan fingerprint density at radius 2 is 1.93 bits per heavy atom. The highest BCUT2D eigenvalue weighted by Gasteiger charge is 2.17. The summed E-state index contributed by atoms with van der Waals surface area (Å²) in [6, 6.07) is 8.33. The zero-order valence-electron chi connectivity index (χ0n) is 9.88. The van der Waals surface area contributed by atoms with E-state index in [2.05, 4.69) is 44.3 Å². The first kappa shape index (κ1) is 12.1. The third kappa shape index (κ3) is 3.56. The van der Waals surface area contributed by atoms with Crippen LogP contribution >= 0.6 is 0 Å². The summed E-state index contributed by atoms with van der Waals surface area (Å²) < 4.78 is 0. The quantitative estimate of drug-likeness (QED) is 0.778. The molecule has 0 aliphatic heterocycles. The van der Waals surface area contributed by atoms with Gasteiger partial charge in [-0.3, -0.25) is 0 Å². The van der Waals surface area contributed by atoms with Crippen molar-refractivity contribution >= 4 is 5.69 Å². The minimum absolute atomic E-state index is 0.0555. The Morgan fingerprint density at radius 3 is 2.53 bits per heavy atom. The van der Waals surface area contributed by atoms with Gasteiger partial charge in [0.15, 0.2) is 0 Å². The van der Waals surface area contributed by atoms with Crippen LogP contribution in [0.3, 0.4) is 0 Å². The fourth-order valence-corrected chi connectivity index (χ4v) is 1.66. The van der Waals surface area contributed by atoms with Crippen LogP contribution in [0.1, 0.15) is 32.8 Å². The fourth-order valence-electron chi connectivity index (χ4n) is 1.66. The predicted octanol–water partition coefficient (Wildman–Crippen LogP) is 2.82. The molecule has 2 N–H and O–H groups in total. The minimum Gasteiger partial charge on any atom is -0.396 e. The van der Waals surface area contributed by atoms with Crippen molar-refractivity contribution in [2.75, 3.05) is 11.9 Å². The number of aryl methyl sites for hydroxylation is 1. The first-order valence-electron chi connectivity index (χ1n) is 5.56. The maximum Gasteiger partial charge on any atom is 0.0453 e. The third-order valence-corrected chi connectivity index (χ3v) is 2.61. The average molecular weight is 207 g/mol. The first-order chi connectivity index (χ1) is 7.09. The van der Waals surface area contributed by atoms with Crippen molar-refractivity contribution in [3.63, 3.8) is 0 Å². The second-order valence-electron chi connectivity index (χ2n) is 4.49. The van der Waals surface area contributed by atoms with Gasteiger partial charge in [-0.15, -0.1) is 0 Å². The van der Waals surface area contributed by atoms with E-state index in [4.69, 9.17) is 5.11 Å². The number of para-hydroxylation sites is 1. The highest BCUT2D eigenvalue weighted by molar-refractivity contribution is 5.52. The molecule has 0 saturated heterocycles. The van der Waals surface area contributed by atoms with Crippen LogP contribution in [0, 0.1) is 0 Å². The Kier molecular flexibility index (Phi) is 4.15. The number of hydrogen-bond donors (Lipinski definition) is 2. The standard InChI is InChI=1S/C13H21NO/c1-4-11-7-5-6-8-12(11)14-13(2,3)9-10-15/h5-8,14-15H,4,9-10H2,1-3H3. The Hall–Kier alpha value is -1.02. The molecule has 15 heavy (non-hydrogen) atoms. The number of benzene rings is 1. The van der Waals surface area contributed by atoms with Crippen LogP contribution in [-0.4, -0.2) is 17.3 Å². The first-order valence-corrected chi connectivity index (χ1v) is 5.56. The molecule has 0 saturated carbocycles. The lowest BCUT2D eigenvalue weighted by molar-refractivity contribution is 0.261. The topological polar surface area (TPSA) is 32.3 Å². The van der Waals surface area contributed by atoms with Crippen LogP contribution in [0.4, 0.5) is 5.69 Å². The summed E-state index contributed by atoms with van der Waals surface area (Å²) in [5.74, 6) is 0. The number of anilines is 1. The van der Waals surface area contributed by atoms with Crippen LogP contribution in [0.5, 0.6) is 0 Å². The number of aliphatic hydroxyl groups is 1. The van der Waals surface area contributed by atoms with Crippen molar-refractivity contribution in [2.24, 2.45) is 0 Å². The average Bonchev–Trinajstić information content (AvgIpc) is 2.17. The van der Waals surface area contributed by atoms with Crippen molar-refractivity contribution in [3.8, 4) is 0 Å². The molecule has 1 rings (SSSR count). The second-order valence-corrected chi connectivity index (χ2v) is 4.49. The van der Waals surface area contributed by atoms with Crippen LogP contribution in [0.25, 0.3) is 0 Å². The number of nitrogens with one attached hydrogen (secondary N) is 1. The number of hydrogen-bond acceptors (Lipinski definition) is 2. The van der Waals surface area contributed by atoms with Crippen molar-refractivity contribution in [3.05, 3.63) is 29.8 Å². The van der Waals surface area contributed by atoms with E-state index < -0.39 is 0 Å². The van der Waals surface area contributed by atoms with E-state index >= 15 is 0 Å². The van der Waals surface area contributed by atoms with Crippen molar-refractivity contribution in [1.29, 1.82) is 0 Å². The van der Waals surface area contributed by atoms with E-state index in [1.54, 1.807) is 0 Å². The van der Waals surface area contributed by atoms with Gasteiger partial charge in [0.1, 0.15) is 0 Å². The van der Waals surface area contributed by atoms with Crippen LogP contribution in [0.15, 0.2) is 24.3 Å². The van der Waals surface area contributed by atoms with Gasteiger partial charge in [0, 0.05) is 17.8 Å². The van der Waals surface area contributed by atoms with E-state index in [9.17, 15) is 0 Å². The summed E-state index contributed by atoms with van der Waals surface area (Å²) in [6.45, 7) is 6.58. The zero-order valence-corrected chi connectivity index (χ0v) is 9.88. The molecule has 0 fully saturated rings. The number of aliphatic hydroxyl groups excluding tert-OH is 1. The maximum atomic E-state index is 8.97. The zero-order chi connectivity index (χ0) is 11.3. The molecule has 0 bridgehead atoms. The molecule has 0 aliphatic carbocycles. The molecule has 0 aliphatic rings. The molecule has 84 valence electrons. The van der Waals surface area contributed by atoms with Gasteiger partial charge in [-0.1, -0.05) is 25.1 Å². The summed E-state index contributed by atoms with van der Waals surface area (Å²) in [5.41, 5.74) is 2.45. The Balaban J connectivity index is 2.79. The third-order valence-electron chi connectivity index (χ3n) is 2.61. The van der Waals surface area contributed by atoms with Crippen LogP contribution in [0.2, 0.25) is 0 Å². The van der Waals surface area contributed by atoms with Crippen molar-refractivity contribution < 1.29 is 5.11 Å². The van der Waals surface area contributed by atoms with Gasteiger partial charge in [0.25, 0.3) is 0 Å². The van der Waals surface area contributed by atoms with E-state index in [0.717, 1.165) is 12.8 Å². The van der Waals surface area contributed by atoms with Gasteiger partial charge >= 0.3 is 0 Å². The molecule has 0 heterocycles. The Morgan fingerprint density at radius 1 is 1.27 bits per heavy atom. The lowest BCUT2D eigenvalue weighted by Gasteiger charge is -2.28. The highest BCUT2D eigenvalue weighted by Crippen LogP contribution is 2.21. The minimum atomic E-state index is -0.0555. The fraction of sp³-hybridized carbons (Fsp3) is 0.538. The molecule has 1 aromatic carbocycles. The van der Waals surface area contributed by atoms with Gasteiger partial charge in [-0.2, -0.15) is 0 Å². The van der Waals surface area contributed by atoms with Gasteiger partial charge in [-0.25, -0.2) is 0 Å². The number of rotatable bonds is 5. The second kappa shape index (κ2) is 5.17. The van der Waals surface area contributed by atoms with Gasteiger partial charge in [-0.05, 0) is 38.3 Å². The van der Waals surface area contributed by atoms with Gasteiger partial charge < -0.3 is 10.4 Å². The molecule has 2 heteroatoms. The molecule has 1 aromatic rings. The normalized spacial score (nSPS) is 11.5. The van der Waals surface area contributed by atoms with Crippen LogP contribution < -0.4 is 5.32 Å². The van der Waals surface area contributed by atoms with Gasteiger partial charge in [0.05, 0.1) is 0 Å². The predicted molar refractivity (Wildman–Crippen MR) is 65.2 cm³/mol. The molecule has 2 nitrogen and oxygen atoms in total. The van der Waals surface area contributed by atoms with Crippen LogP contribution in [-0.2, 0) is 6.42 Å². The largest absolute Gasteiger partial charge is 0.396 e. The summed E-state index contributed by atoms with van der Waals surface area (Å²) in [7, 11) is 0. The summed E-state index contributed by atoms with van der Waals surface area (Å²) >= 11 is 0. The molecule has 0 atom stereocenters. The molecule has 0 amide bonds. The molecule has 0 spiro atoms. The van der Waals surface area contributed by atoms with Crippen molar-refractivity contribution in [2.45, 2.75) is 39.2 Å².